The van der Waals surface area contributed by atoms with Gasteiger partial charge in [0.1, 0.15) is 0 Å². The van der Waals surface area contributed by atoms with Crippen molar-refractivity contribution >= 4 is 0 Å². The second-order valence-electron chi connectivity index (χ2n) is 4.66. The van der Waals surface area contributed by atoms with Crippen LogP contribution in [0.15, 0.2) is 0 Å². The van der Waals surface area contributed by atoms with Crippen molar-refractivity contribution in [1.29, 1.82) is 0 Å². The molecule has 0 saturated carbocycles. The Morgan fingerprint density at radius 1 is 1.27 bits per heavy atom. The van der Waals surface area contributed by atoms with Crippen molar-refractivity contribution in [2.24, 2.45) is 5.73 Å². The minimum atomic E-state index is -0.0925. The third kappa shape index (κ3) is 4.07. The molecule has 0 spiro atoms. The number of methoxy groups -OCH3 is 1. The van der Waals surface area contributed by atoms with Crippen LogP contribution in [0.1, 0.15) is 13.8 Å². The fraction of sp³-hybridized carbons (Fsp3) is 1.00. The van der Waals surface area contributed by atoms with Crippen LogP contribution in [0.4, 0.5) is 0 Å². The molecule has 0 aromatic rings. The summed E-state index contributed by atoms with van der Waals surface area (Å²) in [4.78, 5) is 4.45. The van der Waals surface area contributed by atoms with E-state index in [1.165, 1.54) is 0 Å². The molecule has 0 bridgehead atoms. The summed E-state index contributed by atoms with van der Waals surface area (Å²) in [5.41, 5.74) is 5.76. The molecule has 0 aliphatic rings. The van der Waals surface area contributed by atoms with Gasteiger partial charge >= 0.3 is 0 Å². The topological polar surface area (TPSA) is 41.7 Å². The maximum Gasteiger partial charge on any atom is 0.0736 e. The van der Waals surface area contributed by atoms with Gasteiger partial charge in [0.05, 0.1) is 11.6 Å². The van der Waals surface area contributed by atoms with Gasteiger partial charge in [0.15, 0.2) is 0 Å². The lowest BCUT2D eigenvalue weighted by Crippen LogP contribution is -2.58. The number of nitrogens with zero attached hydrogens (tertiary/aromatic N) is 2. The quantitative estimate of drug-likeness (QED) is 0.663. The van der Waals surface area contributed by atoms with Crippen LogP contribution in [0.3, 0.4) is 0 Å². The molecule has 0 aliphatic carbocycles. The van der Waals surface area contributed by atoms with E-state index in [2.05, 4.69) is 44.8 Å². The average Bonchev–Trinajstić information content (AvgIpc) is 2.23. The normalized spacial score (nSPS) is 18.2. The summed E-state index contributed by atoms with van der Waals surface area (Å²) in [5, 5.41) is 0. The number of ether oxygens (including phenoxy) is 1. The average molecular weight is 217 g/mol. The minimum absolute atomic E-state index is 0.0925. The Balaban J connectivity index is 4.37. The Labute approximate surface area is 94.4 Å². The molecule has 92 valence electrons. The highest BCUT2D eigenvalue weighted by Gasteiger charge is 2.33. The van der Waals surface area contributed by atoms with E-state index in [-0.39, 0.29) is 11.6 Å². The summed E-state index contributed by atoms with van der Waals surface area (Å²) in [6.07, 6.45) is 0.134. The Morgan fingerprint density at radius 2 is 1.80 bits per heavy atom. The van der Waals surface area contributed by atoms with Crippen LogP contribution in [0.2, 0.25) is 0 Å². The van der Waals surface area contributed by atoms with Crippen LogP contribution < -0.4 is 5.73 Å². The summed E-state index contributed by atoms with van der Waals surface area (Å²) >= 11 is 0. The highest BCUT2D eigenvalue weighted by atomic mass is 16.5. The summed E-state index contributed by atoms with van der Waals surface area (Å²) in [7, 11) is 7.99. The van der Waals surface area contributed by atoms with E-state index in [4.69, 9.17) is 10.5 Å². The molecule has 0 fully saturated rings. The van der Waals surface area contributed by atoms with Gasteiger partial charge in [0.25, 0.3) is 0 Å². The van der Waals surface area contributed by atoms with Gasteiger partial charge in [-0.05, 0) is 35.0 Å². The van der Waals surface area contributed by atoms with Crippen LogP contribution in [-0.2, 0) is 4.74 Å². The molecule has 2 unspecified atom stereocenters. The predicted molar refractivity (Wildman–Crippen MR) is 65.1 cm³/mol. The molecule has 0 radical (unpaired) electrons. The first kappa shape index (κ1) is 14.8. The molecule has 2 atom stereocenters. The molecule has 15 heavy (non-hydrogen) atoms. The minimum Gasteiger partial charge on any atom is -0.380 e. The Hall–Kier alpha value is -0.160. The summed E-state index contributed by atoms with van der Waals surface area (Å²) < 4.78 is 5.40. The van der Waals surface area contributed by atoms with Crippen LogP contribution in [0.5, 0.6) is 0 Å². The van der Waals surface area contributed by atoms with Crippen molar-refractivity contribution < 1.29 is 4.74 Å². The van der Waals surface area contributed by atoms with E-state index >= 15 is 0 Å². The van der Waals surface area contributed by atoms with E-state index in [0.717, 1.165) is 13.1 Å². The molecule has 2 N–H and O–H groups in total. The zero-order valence-electron chi connectivity index (χ0n) is 11.1. The van der Waals surface area contributed by atoms with Crippen LogP contribution in [0.25, 0.3) is 0 Å². The smallest absolute Gasteiger partial charge is 0.0736 e. The number of nitrogens with two attached hydrogens (primary N) is 1. The second kappa shape index (κ2) is 6.43. The van der Waals surface area contributed by atoms with Gasteiger partial charge in [0, 0.05) is 26.7 Å². The lowest BCUT2D eigenvalue weighted by molar-refractivity contribution is -0.0210. The van der Waals surface area contributed by atoms with Gasteiger partial charge in [-0.1, -0.05) is 0 Å². The van der Waals surface area contributed by atoms with Gasteiger partial charge in [-0.15, -0.1) is 0 Å². The molecule has 0 saturated heterocycles. The van der Waals surface area contributed by atoms with Crippen molar-refractivity contribution in [2.45, 2.75) is 25.5 Å². The third-order valence-electron chi connectivity index (χ3n) is 3.40. The van der Waals surface area contributed by atoms with Gasteiger partial charge in [-0.25, -0.2) is 0 Å². The third-order valence-corrected chi connectivity index (χ3v) is 3.40. The van der Waals surface area contributed by atoms with Crippen LogP contribution in [-0.4, -0.2) is 69.3 Å². The molecule has 0 aliphatic heterocycles. The van der Waals surface area contributed by atoms with Crippen molar-refractivity contribution in [3.05, 3.63) is 0 Å². The zero-order chi connectivity index (χ0) is 12.1. The van der Waals surface area contributed by atoms with Crippen LogP contribution >= 0.6 is 0 Å². The SMILES string of the molecule is COC(C)C(C)(CN)N(C)CCN(C)C. The number of likely N-dealkylation sites (N-methyl/N-ethyl adjacent to an activating group) is 2. The predicted octanol–water partition coefficient (Wildman–Crippen LogP) is 0.232. The monoisotopic (exact) mass is 217 g/mol. The molecule has 4 nitrogen and oxygen atoms in total. The van der Waals surface area contributed by atoms with Gasteiger partial charge in [0.2, 0.25) is 0 Å². The van der Waals surface area contributed by atoms with Crippen molar-refractivity contribution in [3.8, 4) is 0 Å². The fourth-order valence-electron chi connectivity index (χ4n) is 1.49. The van der Waals surface area contributed by atoms with Crippen molar-refractivity contribution in [3.63, 3.8) is 0 Å². The van der Waals surface area contributed by atoms with E-state index in [9.17, 15) is 0 Å². The maximum absolute atomic E-state index is 5.86. The second-order valence-corrected chi connectivity index (χ2v) is 4.66. The molecule has 0 aromatic heterocycles. The van der Waals surface area contributed by atoms with E-state index in [0.29, 0.717) is 6.54 Å². The van der Waals surface area contributed by atoms with Gasteiger partial charge in [-0.3, -0.25) is 4.90 Å². The molecular weight excluding hydrogens is 190 g/mol. The lowest BCUT2D eigenvalue weighted by Gasteiger charge is -2.42. The number of hydrogen-bond donors (Lipinski definition) is 1. The summed E-state index contributed by atoms with van der Waals surface area (Å²) in [6, 6.07) is 0. The molecular formula is C11H27N3O. The number of rotatable bonds is 7. The van der Waals surface area contributed by atoms with Crippen molar-refractivity contribution in [2.75, 3.05) is 47.9 Å². The first-order valence-corrected chi connectivity index (χ1v) is 5.47. The van der Waals surface area contributed by atoms with E-state index in [1.807, 2.05) is 0 Å². The Kier molecular flexibility index (Phi) is 6.36. The first-order valence-electron chi connectivity index (χ1n) is 5.47. The van der Waals surface area contributed by atoms with Crippen molar-refractivity contribution in [1.82, 2.24) is 9.80 Å². The lowest BCUT2D eigenvalue weighted by atomic mass is 9.94. The highest BCUT2D eigenvalue weighted by molar-refractivity contribution is 4.91. The van der Waals surface area contributed by atoms with Gasteiger partial charge in [-0.2, -0.15) is 0 Å². The number of hydrogen-bond acceptors (Lipinski definition) is 4. The standard InChI is InChI=1S/C11H27N3O/c1-10(15-6)11(2,9-12)14(5)8-7-13(3)4/h10H,7-9,12H2,1-6H3. The molecule has 0 rings (SSSR count). The highest BCUT2D eigenvalue weighted by Crippen LogP contribution is 2.18. The zero-order valence-corrected chi connectivity index (χ0v) is 11.1. The van der Waals surface area contributed by atoms with Gasteiger partial charge < -0.3 is 15.4 Å². The molecule has 0 amide bonds. The summed E-state index contributed by atoms with van der Waals surface area (Å²) in [5.74, 6) is 0. The Bertz CT molecular complexity index is 175. The maximum atomic E-state index is 5.86. The first-order chi connectivity index (χ1) is 6.88. The summed E-state index contributed by atoms with van der Waals surface area (Å²) in [6.45, 7) is 6.85. The van der Waals surface area contributed by atoms with Crippen LogP contribution in [0, 0.1) is 0 Å². The molecule has 0 aromatic carbocycles. The Morgan fingerprint density at radius 3 is 2.13 bits per heavy atom. The van der Waals surface area contributed by atoms with E-state index < -0.39 is 0 Å². The molecule has 4 heteroatoms. The van der Waals surface area contributed by atoms with E-state index in [1.54, 1.807) is 7.11 Å². The molecule has 0 heterocycles. The fourth-order valence-corrected chi connectivity index (χ4v) is 1.49. The largest absolute Gasteiger partial charge is 0.380 e.